The maximum absolute atomic E-state index is 13.5. The first-order chi connectivity index (χ1) is 9.25. The predicted octanol–water partition coefficient (Wildman–Crippen LogP) is 4.39. The van der Waals surface area contributed by atoms with Gasteiger partial charge >= 0.3 is 0 Å². The Kier molecular flexibility index (Phi) is 5.31. The third-order valence-electron chi connectivity index (χ3n) is 2.70. The molecule has 0 aliphatic rings. The maximum Gasteiger partial charge on any atom is 0.127 e. The van der Waals surface area contributed by atoms with Crippen molar-refractivity contribution in [3.05, 3.63) is 76.0 Å². The number of benzene rings is 2. The van der Waals surface area contributed by atoms with Gasteiger partial charge in [0.05, 0.1) is 0 Å². The molecule has 98 valence electrons. The van der Waals surface area contributed by atoms with Crippen LogP contribution >= 0.6 is 15.9 Å². The van der Waals surface area contributed by atoms with E-state index < -0.39 is 0 Å². The van der Waals surface area contributed by atoms with Crippen LogP contribution in [0.3, 0.4) is 0 Å². The lowest BCUT2D eigenvalue weighted by atomic mass is 10.2. The Morgan fingerprint density at radius 3 is 2.68 bits per heavy atom. The molecule has 0 heterocycles. The fourth-order valence-electron chi connectivity index (χ4n) is 1.73. The summed E-state index contributed by atoms with van der Waals surface area (Å²) < 4.78 is 14.4. The van der Waals surface area contributed by atoms with E-state index in [-0.39, 0.29) is 5.82 Å². The molecule has 0 radical (unpaired) electrons. The smallest absolute Gasteiger partial charge is 0.127 e. The van der Waals surface area contributed by atoms with Gasteiger partial charge in [-0.05, 0) is 23.8 Å². The molecule has 0 aromatic heterocycles. The van der Waals surface area contributed by atoms with Gasteiger partial charge in [0.2, 0.25) is 0 Å². The molecule has 0 saturated heterocycles. The molecule has 3 heteroatoms. The van der Waals surface area contributed by atoms with Crippen molar-refractivity contribution in [1.29, 1.82) is 0 Å². The largest absolute Gasteiger partial charge is 0.309 e. The van der Waals surface area contributed by atoms with E-state index in [9.17, 15) is 4.39 Å². The first-order valence-corrected chi connectivity index (χ1v) is 6.91. The van der Waals surface area contributed by atoms with Crippen molar-refractivity contribution in [2.75, 3.05) is 6.54 Å². The number of rotatable bonds is 5. The summed E-state index contributed by atoms with van der Waals surface area (Å²) in [4.78, 5) is 0. The van der Waals surface area contributed by atoms with Gasteiger partial charge in [0.25, 0.3) is 0 Å². The molecule has 19 heavy (non-hydrogen) atoms. The van der Waals surface area contributed by atoms with Crippen LogP contribution in [0.5, 0.6) is 0 Å². The maximum atomic E-state index is 13.5. The average molecular weight is 320 g/mol. The second-order valence-electron chi connectivity index (χ2n) is 4.18. The fourth-order valence-corrected chi connectivity index (χ4v) is 2.14. The van der Waals surface area contributed by atoms with E-state index in [1.807, 2.05) is 42.5 Å². The normalized spacial score (nSPS) is 11.1. The van der Waals surface area contributed by atoms with Gasteiger partial charge in [-0.3, -0.25) is 0 Å². The molecule has 1 nitrogen and oxygen atoms in total. The van der Waals surface area contributed by atoms with Crippen LogP contribution in [-0.2, 0) is 6.54 Å². The zero-order chi connectivity index (χ0) is 13.5. The molecule has 2 aromatic carbocycles. The van der Waals surface area contributed by atoms with Gasteiger partial charge in [0.1, 0.15) is 5.82 Å². The highest BCUT2D eigenvalue weighted by atomic mass is 79.9. The van der Waals surface area contributed by atoms with E-state index in [0.29, 0.717) is 18.7 Å². The lowest BCUT2D eigenvalue weighted by Gasteiger charge is -2.04. The quantitative estimate of drug-likeness (QED) is 0.806. The minimum absolute atomic E-state index is 0.178. The summed E-state index contributed by atoms with van der Waals surface area (Å²) in [5.41, 5.74) is 1.83. The summed E-state index contributed by atoms with van der Waals surface area (Å²) in [6, 6.07) is 15.1. The molecular formula is C16H15BrFN. The van der Waals surface area contributed by atoms with E-state index in [1.54, 1.807) is 12.1 Å². The van der Waals surface area contributed by atoms with Gasteiger partial charge in [-0.15, -0.1) is 0 Å². The Balaban J connectivity index is 1.81. The highest BCUT2D eigenvalue weighted by Crippen LogP contribution is 2.15. The van der Waals surface area contributed by atoms with Crippen LogP contribution in [0.25, 0.3) is 6.08 Å². The number of nitrogens with one attached hydrogen (secondary N) is 1. The standard InChI is InChI=1S/C16H15BrFN/c17-15-8-9-16(18)14(11-15)12-19-10-4-7-13-5-2-1-3-6-13/h1-9,11,19H,10,12H2. The zero-order valence-electron chi connectivity index (χ0n) is 10.4. The van der Waals surface area contributed by atoms with E-state index in [4.69, 9.17) is 0 Å². The van der Waals surface area contributed by atoms with E-state index in [0.717, 1.165) is 10.0 Å². The number of halogens is 2. The Hall–Kier alpha value is -1.45. The summed E-state index contributed by atoms with van der Waals surface area (Å²) >= 11 is 3.34. The molecule has 1 N–H and O–H groups in total. The van der Waals surface area contributed by atoms with E-state index in [1.165, 1.54) is 6.07 Å². The van der Waals surface area contributed by atoms with Gasteiger partial charge in [-0.1, -0.05) is 58.4 Å². The minimum atomic E-state index is -0.178. The van der Waals surface area contributed by atoms with Gasteiger partial charge in [-0.25, -0.2) is 4.39 Å². The van der Waals surface area contributed by atoms with Crippen molar-refractivity contribution in [3.8, 4) is 0 Å². The van der Waals surface area contributed by atoms with Crippen LogP contribution in [-0.4, -0.2) is 6.54 Å². The van der Waals surface area contributed by atoms with Crippen LogP contribution < -0.4 is 5.32 Å². The second kappa shape index (κ2) is 7.22. The molecule has 2 aromatic rings. The van der Waals surface area contributed by atoms with Crippen molar-refractivity contribution in [2.24, 2.45) is 0 Å². The van der Waals surface area contributed by atoms with Crippen molar-refractivity contribution in [1.82, 2.24) is 5.32 Å². The summed E-state index contributed by atoms with van der Waals surface area (Å²) in [5, 5.41) is 3.19. The van der Waals surface area contributed by atoms with Crippen LogP contribution in [0.15, 0.2) is 59.1 Å². The zero-order valence-corrected chi connectivity index (χ0v) is 12.0. The summed E-state index contributed by atoms with van der Waals surface area (Å²) in [5.74, 6) is -0.178. The van der Waals surface area contributed by atoms with Crippen LogP contribution in [0.2, 0.25) is 0 Å². The molecular weight excluding hydrogens is 305 g/mol. The fraction of sp³-hybridized carbons (Fsp3) is 0.125. The van der Waals surface area contributed by atoms with Gasteiger partial charge < -0.3 is 5.32 Å². The van der Waals surface area contributed by atoms with Gasteiger partial charge in [0, 0.05) is 23.1 Å². The first-order valence-electron chi connectivity index (χ1n) is 6.12. The van der Waals surface area contributed by atoms with Crippen molar-refractivity contribution < 1.29 is 4.39 Å². The number of hydrogen-bond acceptors (Lipinski definition) is 1. The molecule has 2 rings (SSSR count). The Morgan fingerprint density at radius 2 is 1.89 bits per heavy atom. The van der Waals surface area contributed by atoms with E-state index >= 15 is 0 Å². The van der Waals surface area contributed by atoms with Crippen LogP contribution in [0, 0.1) is 5.82 Å². The Morgan fingerprint density at radius 1 is 1.11 bits per heavy atom. The van der Waals surface area contributed by atoms with Gasteiger partial charge in [0.15, 0.2) is 0 Å². The highest BCUT2D eigenvalue weighted by Gasteiger charge is 2.01. The second-order valence-corrected chi connectivity index (χ2v) is 5.10. The molecule has 0 aliphatic carbocycles. The van der Waals surface area contributed by atoms with Crippen molar-refractivity contribution in [2.45, 2.75) is 6.54 Å². The topological polar surface area (TPSA) is 12.0 Å². The number of hydrogen-bond donors (Lipinski definition) is 1. The molecule has 0 bridgehead atoms. The van der Waals surface area contributed by atoms with Crippen molar-refractivity contribution in [3.63, 3.8) is 0 Å². The average Bonchev–Trinajstić information content (AvgIpc) is 2.43. The van der Waals surface area contributed by atoms with Crippen LogP contribution in [0.4, 0.5) is 4.39 Å². The third-order valence-corrected chi connectivity index (χ3v) is 3.19. The summed E-state index contributed by atoms with van der Waals surface area (Å²) in [7, 11) is 0. The Labute approximate surface area is 121 Å². The molecule has 0 saturated carbocycles. The molecule has 0 amide bonds. The SMILES string of the molecule is Fc1ccc(Br)cc1CNCC=Cc1ccccc1. The predicted molar refractivity (Wildman–Crippen MR) is 81.3 cm³/mol. The molecule has 0 aliphatic heterocycles. The molecule has 0 atom stereocenters. The van der Waals surface area contributed by atoms with Crippen LogP contribution in [0.1, 0.15) is 11.1 Å². The first kappa shape index (κ1) is 14.0. The van der Waals surface area contributed by atoms with Gasteiger partial charge in [-0.2, -0.15) is 0 Å². The molecule has 0 spiro atoms. The monoisotopic (exact) mass is 319 g/mol. The minimum Gasteiger partial charge on any atom is -0.309 e. The van der Waals surface area contributed by atoms with E-state index in [2.05, 4.69) is 21.2 Å². The lowest BCUT2D eigenvalue weighted by Crippen LogP contribution is -2.13. The molecule has 0 unspecified atom stereocenters. The summed E-state index contributed by atoms with van der Waals surface area (Å²) in [6.07, 6.45) is 4.08. The van der Waals surface area contributed by atoms with Crippen molar-refractivity contribution >= 4 is 22.0 Å². The summed E-state index contributed by atoms with van der Waals surface area (Å²) in [6.45, 7) is 1.23. The Bertz CT molecular complexity index is 552. The third kappa shape index (κ3) is 4.62. The molecule has 0 fully saturated rings. The lowest BCUT2D eigenvalue weighted by molar-refractivity contribution is 0.596. The highest BCUT2D eigenvalue weighted by molar-refractivity contribution is 9.10.